The Hall–Kier alpha value is -2.11. The van der Waals surface area contributed by atoms with E-state index in [4.69, 9.17) is 5.73 Å². The lowest BCUT2D eigenvalue weighted by molar-refractivity contribution is -0.126. The molecule has 1 aromatic rings. The number of primary amides is 1. The van der Waals surface area contributed by atoms with E-state index in [-0.39, 0.29) is 11.8 Å². The smallest absolute Gasteiger partial charge is 0.314 e. The zero-order chi connectivity index (χ0) is 15.4. The Balaban J connectivity index is 1.90. The normalized spacial score (nSPS) is 18.4. The highest BCUT2D eigenvalue weighted by molar-refractivity contribution is 5.80. The molecule has 0 saturated carbocycles. The molecular weight excluding hydrogens is 268 g/mol. The van der Waals surface area contributed by atoms with Crippen LogP contribution >= 0.6 is 0 Å². The Kier molecular flexibility index (Phi) is 4.77. The average molecular weight is 290 g/mol. The van der Waals surface area contributed by atoms with Gasteiger partial charge < -0.3 is 16.0 Å². The number of carbonyl (C=O) groups is 2. The van der Waals surface area contributed by atoms with Crippen molar-refractivity contribution in [1.29, 1.82) is 0 Å². The first-order valence-corrected chi connectivity index (χ1v) is 7.21. The summed E-state index contributed by atoms with van der Waals surface area (Å²) in [7, 11) is 0. The number of rotatable bonds is 3. The molecule has 2 heterocycles. The SMILES string of the molecule is Cc1cc(C)c(CNC(=O)[C@H]2CCCN(C(N)=O)C2)cn1. The number of piperidine rings is 1. The Morgan fingerprint density at radius 3 is 2.90 bits per heavy atom. The van der Waals surface area contributed by atoms with Gasteiger partial charge in [0.1, 0.15) is 0 Å². The summed E-state index contributed by atoms with van der Waals surface area (Å²) in [6, 6.07) is 1.54. The summed E-state index contributed by atoms with van der Waals surface area (Å²) in [5, 5.41) is 2.93. The van der Waals surface area contributed by atoms with Crippen molar-refractivity contribution in [3.05, 3.63) is 29.1 Å². The lowest BCUT2D eigenvalue weighted by Crippen LogP contribution is -2.47. The van der Waals surface area contributed by atoms with Crippen LogP contribution in [0.5, 0.6) is 0 Å². The second-order valence-electron chi connectivity index (χ2n) is 5.59. The number of urea groups is 1. The second-order valence-corrected chi connectivity index (χ2v) is 5.59. The third-order valence-corrected chi connectivity index (χ3v) is 3.91. The number of nitrogens with zero attached hydrogens (tertiary/aromatic N) is 2. The molecule has 0 bridgehead atoms. The highest BCUT2D eigenvalue weighted by atomic mass is 16.2. The molecule has 3 amide bonds. The van der Waals surface area contributed by atoms with E-state index in [0.29, 0.717) is 19.6 Å². The molecule has 0 spiro atoms. The minimum absolute atomic E-state index is 0.0269. The highest BCUT2D eigenvalue weighted by Gasteiger charge is 2.27. The number of nitrogens with two attached hydrogens (primary N) is 1. The monoisotopic (exact) mass is 290 g/mol. The van der Waals surface area contributed by atoms with Crippen molar-refractivity contribution in [2.75, 3.05) is 13.1 Å². The fourth-order valence-corrected chi connectivity index (χ4v) is 2.63. The number of pyridine rings is 1. The zero-order valence-electron chi connectivity index (χ0n) is 12.6. The molecule has 1 aliphatic rings. The predicted octanol–water partition coefficient (Wildman–Crippen LogP) is 1.11. The van der Waals surface area contributed by atoms with E-state index in [0.717, 1.165) is 29.7 Å². The summed E-state index contributed by atoms with van der Waals surface area (Å²) in [6.07, 6.45) is 3.40. The minimum atomic E-state index is -0.453. The molecule has 0 aromatic carbocycles. The van der Waals surface area contributed by atoms with Gasteiger partial charge in [-0.15, -0.1) is 0 Å². The van der Waals surface area contributed by atoms with Gasteiger partial charge in [-0.25, -0.2) is 4.79 Å². The number of aromatic nitrogens is 1. The molecule has 2 rings (SSSR count). The number of amides is 3. The lowest BCUT2D eigenvalue weighted by Gasteiger charge is -2.30. The number of carbonyl (C=O) groups excluding carboxylic acids is 2. The maximum atomic E-state index is 12.2. The molecule has 21 heavy (non-hydrogen) atoms. The van der Waals surface area contributed by atoms with Crippen LogP contribution in [0.3, 0.4) is 0 Å². The largest absolute Gasteiger partial charge is 0.352 e. The number of hydrogen-bond acceptors (Lipinski definition) is 3. The van der Waals surface area contributed by atoms with Crippen molar-refractivity contribution >= 4 is 11.9 Å². The summed E-state index contributed by atoms with van der Waals surface area (Å²) in [5.41, 5.74) is 8.37. The molecular formula is C15H22N4O2. The van der Waals surface area contributed by atoms with Crippen molar-refractivity contribution in [1.82, 2.24) is 15.2 Å². The standard InChI is InChI=1S/C15H22N4O2/c1-10-6-11(2)17-7-13(10)8-18-14(20)12-4-3-5-19(9-12)15(16)21/h6-7,12H,3-5,8-9H2,1-2H3,(H2,16,21)(H,18,20)/t12-/m0/s1. The van der Waals surface area contributed by atoms with Gasteiger partial charge in [0.15, 0.2) is 0 Å². The predicted molar refractivity (Wildman–Crippen MR) is 79.4 cm³/mol. The molecule has 1 fully saturated rings. The molecule has 6 nitrogen and oxygen atoms in total. The molecule has 0 radical (unpaired) electrons. The first kappa shape index (κ1) is 15.3. The van der Waals surface area contributed by atoms with Crippen LogP contribution in [-0.2, 0) is 11.3 Å². The third kappa shape index (κ3) is 3.93. The topological polar surface area (TPSA) is 88.3 Å². The van der Waals surface area contributed by atoms with Gasteiger partial charge in [0.2, 0.25) is 5.91 Å². The Morgan fingerprint density at radius 1 is 1.48 bits per heavy atom. The molecule has 0 unspecified atom stereocenters. The van der Waals surface area contributed by atoms with Gasteiger partial charge in [0.05, 0.1) is 5.92 Å². The quantitative estimate of drug-likeness (QED) is 0.874. The number of aryl methyl sites for hydroxylation is 2. The molecule has 114 valence electrons. The van der Waals surface area contributed by atoms with Gasteiger partial charge >= 0.3 is 6.03 Å². The van der Waals surface area contributed by atoms with Gasteiger partial charge in [-0.2, -0.15) is 0 Å². The van der Waals surface area contributed by atoms with Crippen LogP contribution in [0.2, 0.25) is 0 Å². The van der Waals surface area contributed by atoms with Crippen LogP contribution in [0.4, 0.5) is 4.79 Å². The van der Waals surface area contributed by atoms with Crippen LogP contribution in [0, 0.1) is 19.8 Å². The van der Waals surface area contributed by atoms with Crippen molar-refractivity contribution in [3.8, 4) is 0 Å². The Bertz CT molecular complexity index is 544. The summed E-state index contributed by atoms with van der Waals surface area (Å²) < 4.78 is 0. The summed E-state index contributed by atoms with van der Waals surface area (Å²) in [5.74, 6) is -0.203. The van der Waals surface area contributed by atoms with Crippen LogP contribution in [-0.4, -0.2) is 34.9 Å². The molecule has 6 heteroatoms. The minimum Gasteiger partial charge on any atom is -0.352 e. The number of likely N-dealkylation sites (tertiary alicyclic amines) is 1. The maximum absolute atomic E-state index is 12.2. The first-order valence-electron chi connectivity index (χ1n) is 7.21. The fraction of sp³-hybridized carbons (Fsp3) is 0.533. The van der Waals surface area contributed by atoms with Crippen molar-refractivity contribution in [2.24, 2.45) is 11.7 Å². The molecule has 1 aliphatic heterocycles. The van der Waals surface area contributed by atoms with Crippen LogP contribution in [0.25, 0.3) is 0 Å². The van der Waals surface area contributed by atoms with E-state index in [1.54, 1.807) is 6.20 Å². The van der Waals surface area contributed by atoms with Gasteiger partial charge in [-0.05, 0) is 43.9 Å². The number of nitrogens with one attached hydrogen (secondary N) is 1. The fourth-order valence-electron chi connectivity index (χ4n) is 2.63. The molecule has 1 saturated heterocycles. The van der Waals surface area contributed by atoms with Crippen molar-refractivity contribution in [2.45, 2.75) is 33.2 Å². The Labute approximate surface area is 124 Å². The lowest BCUT2D eigenvalue weighted by atomic mass is 9.97. The zero-order valence-corrected chi connectivity index (χ0v) is 12.6. The van der Waals surface area contributed by atoms with E-state index in [1.165, 1.54) is 4.90 Å². The van der Waals surface area contributed by atoms with Crippen LogP contribution in [0.15, 0.2) is 12.3 Å². The number of hydrogen-bond donors (Lipinski definition) is 2. The second kappa shape index (κ2) is 6.56. The first-order chi connectivity index (χ1) is 9.97. The summed E-state index contributed by atoms with van der Waals surface area (Å²) in [4.78, 5) is 29.2. The Morgan fingerprint density at radius 2 is 2.24 bits per heavy atom. The van der Waals surface area contributed by atoms with E-state index in [9.17, 15) is 9.59 Å². The van der Waals surface area contributed by atoms with E-state index in [2.05, 4.69) is 10.3 Å². The molecule has 1 aromatic heterocycles. The molecule has 3 N–H and O–H groups in total. The van der Waals surface area contributed by atoms with Gasteiger partial charge in [0.25, 0.3) is 0 Å². The summed E-state index contributed by atoms with van der Waals surface area (Å²) >= 11 is 0. The third-order valence-electron chi connectivity index (χ3n) is 3.91. The van der Waals surface area contributed by atoms with E-state index < -0.39 is 6.03 Å². The van der Waals surface area contributed by atoms with Crippen molar-refractivity contribution < 1.29 is 9.59 Å². The van der Waals surface area contributed by atoms with Crippen molar-refractivity contribution in [3.63, 3.8) is 0 Å². The average Bonchev–Trinajstić information content (AvgIpc) is 2.46. The maximum Gasteiger partial charge on any atom is 0.314 e. The highest BCUT2D eigenvalue weighted by Crippen LogP contribution is 2.16. The van der Waals surface area contributed by atoms with Gasteiger partial charge in [-0.1, -0.05) is 0 Å². The summed E-state index contributed by atoms with van der Waals surface area (Å²) in [6.45, 7) is 5.46. The van der Waals surface area contributed by atoms with Gasteiger partial charge in [0, 0.05) is 31.5 Å². The van der Waals surface area contributed by atoms with Crippen LogP contribution in [0.1, 0.15) is 29.7 Å². The van der Waals surface area contributed by atoms with E-state index in [1.807, 2.05) is 19.9 Å². The van der Waals surface area contributed by atoms with Gasteiger partial charge in [-0.3, -0.25) is 9.78 Å². The molecule has 1 atom stereocenters. The molecule has 0 aliphatic carbocycles. The van der Waals surface area contributed by atoms with Crippen LogP contribution < -0.4 is 11.1 Å². The van der Waals surface area contributed by atoms with E-state index >= 15 is 0 Å².